The van der Waals surface area contributed by atoms with E-state index < -0.39 is 37.8 Å². The zero-order valence-corrected chi connectivity index (χ0v) is 11.0. The Bertz CT molecular complexity index is 662. The molecule has 1 rings (SSSR count). The van der Waals surface area contributed by atoms with Crippen molar-refractivity contribution < 1.29 is 22.7 Å². The normalized spacial score (nSPS) is 11.9. The molecule has 0 atom stereocenters. The van der Waals surface area contributed by atoms with Gasteiger partial charge in [-0.15, -0.1) is 0 Å². The Morgan fingerprint density at radius 1 is 1.47 bits per heavy atom. The second kappa shape index (κ2) is 4.95. The topological polar surface area (TPSA) is 107 Å². The molecule has 0 fully saturated rings. The number of nitriles is 1. The second-order valence-corrected chi connectivity index (χ2v) is 5.91. The van der Waals surface area contributed by atoms with Crippen LogP contribution in [0.5, 0.6) is 0 Å². The van der Waals surface area contributed by atoms with Crippen molar-refractivity contribution in [1.29, 1.82) is 5.26 Å². The van der Waals surface area contributed by atoms with Gasteiger partial charge in [-0.3, -0.25) is 4.79 Å². The van der Waals surface area contributed by atoms with Gasteiger partial charge in [0.1, 0.15) is 27.9 Å². The third-order valence-electron chi connectivity index (χ3n) is 2.30. The fraction of sp³-hybridized carbons (Fsp3) is 0.273. The first-order valence-electron chi connectivity index (χ1n) is 5.08. The number of halogens is 1. The molecular weight excluding hydrogens is 275 g/mol. The van der Waals surface area contributed by atoms with Gasteiger partial charge in [0.05, 0.1) is 0 Å². The summed E-state index contributed by atoms with van der Waals surface area (Å²) in [5, 5.41) is 17.6. The Hall–Kier alpha value is -1.98. The van der Waals surface area contributed by atoms with Gasteiger partial charge in [0, 0.05) is 0 Å². The van der Waals surface area contributed by atoms with E-state index in [-0.39, 0.29) is 0 Å². The highest BCUT2D eigenvalue weighted by Gasteiger charge is 2.34. The smallest absolute Gasteiger partial charge is 0.324 e. The van der Waals surface area contributed by atoms with E-state index in [2.05, 4.69) is 0 Å². The highest BCUT2D eigenvalue weighted by molar-refractivity contribution is 7.89. The lowest BCUT2D eigenvalue weighted by atomic mass is 10.1. The summed E-state index contributed by atoms with van der Waals surface area (Å²) in [5.74, 6) is -2.38. The van der Waals surface area contributed by atoms with Gasteiger partial charge in [-0.1, -0.05) is 6.07 Å². The van der Waals surface area contributed by atoms with E-state index in [0.717, 1.165) is 32.0 Å². The summed E-state index contributed by atoms with van der Waals surface area (Å²) in [6.07, 6.45) is 0. The molecule has 1 aromatic rings. The lowest BCUT2D eigenvalue weighted by Crippen LogP contribution is -2.49. The Morgan fingerprint density at radius 2 is 2.05 bits per heavy atom. The van der Waals surface area contributed by atoms with Gasteiger partial charge in [-0.05, 0) is 26.0 Å². The molecule has 0 aliphatic rings. The summed E-state index contributed by atoms with van der Waals surface area (Å²) in [7, 11) is -4.32. The number of benzene rings is 1. The molecule has 0 spiro atoms. The van der Waals surface area contributed by atoms with Gasteiger partial charge in [0.15, 0.2) is 0 Å². The van der Waals surface area contributed by atoms with Crippen molar-refractivity contribution in [2.24, 2.45) is 0 Å². The number of carboxylic acid groups (broad SMARTS) is 1. The Kier molecular flexibility index (Phi) is 3.93. The van der Waals surface area contributed by atoms with Crippen LogP contribution in [0.1, 0.15) is 19.4 Å². The van der Waals surface area contributed by atoms with E-state index >= 15 is 0 Å². The zero-order chi connectivity index (χ0) is 14.8. The molecule has 2 N–H and O–H groups in total. The van der Waals surface area contributed by atoms with E-state index in [9.17, 15) is 17.6 Å². The zero-order valence-electron chi connectivity index (χ0n) is 10.1. The van der Waals surface area contributed by atoms with Gasteiger partial charge in [-0.25, -0.2) is 12.8 Å². The molecule has 0 aromatic heterocycles. The summed E-state index contributed by atoms with van der Waals surface area (Å²) in [4.78, 5) is 10.3. The van der Waals surface area contributed by atoms with E-state index in [4.69, 9.17) is 10.4 Å². The summed E-state index contributed by atoms with van der Waals surface area (Å²) < 4.78 is 39.2. The standard InChI is InChI=1S/C11H11FN2O4S/c1-11(2,10(15)16)14-19(17,18)9-5-3-4-8(12)7(9)6-13/h3-5,14H,1-2H3,(H,15,16). The number of carboxylic acids is 1. The maximum absolute atomic E-state index is 13.3. The van der Waals surface area contributed by atoms with Gasteiger partial charge in [0.2, 0.25) is 10.0 Å². The number of hydrogen-bond donors (Lipinski definition) is 2. The van der Waals surface area contributed by atoms with Crippen LogP contribution in [-0.2, 0) is 14.8 Å². The van der Waals surface area contributed by atoms with Crippen LogP contribution in [0, 0.1) is 17.1 Å². The molecule has 0 bridgehead atoms. The first-order valence-corrected chi connectivity index (χ1v) is 6.56. The molecule has 6 nitrogen and oxygen atoms in total. The third kappa shape index (κ3) is 3.07. The van der Waals surface area contributed by atoms with Crippen LogP contribution >= 0.6 is 0 Å². The van der Waals surface area contributed by atoms with Crippen molar-refractivity contribution in [3.8, 4) is 6.07 Å². The SMILES string of the molecule is CC(C)(NS(=O)(=O)c1cccc(F)c1C#N)C(=O)O. The molecule has 0 saturated carbocycles. The Balaban J connectivity index is 3.35. The van der Waals surface area contributed by atoms with Gasteiger partial charge in [-0.2, -0.15) is 9.98 Å². The first-order chi connectivity index (χ1) is 8.62. The van der Waals surface area contributed by atoms with E-state index in [0.29, 0.717) is 0 Å². The molecule has 0 saturated heterocycles. The van der Waals surface area contributed by atoms with Crippen LogP contribution < -0.4 is 4.72 Å². The quantitative estimate of drug-likeness (QED) is 0.852. The van der Waals surface area contributed by atoms with Crippen molar-refractivity contribution in [3.63, 3.8) is 0 Å². The molecule has 8 heteroatoms. The largest absolute Gasteiger partial charge is 0.480 e. The second-order valence-electron chi connectivity index (χ2n) is 4.26. The molecule has 102 valence electrons. The van der Waals surface area contributed by atoms with E-state index in [1.807, 2.05) is 4.72 Å². The molecule has 0 aliphatic carbocycles. The molecule has 0 aliphatic heterocycles. The highest BCUT2D eigenvalue weighted by atomic mass is 32.2. The number of nitrogens with zero attached hydrogens (tertiary/aromatic N) is 1. The predicted octanol–water partition coefficient (Wildman–Crippen LogP) is 0.839. The molecule has 0 radical (unpaired) electrons. The van der Waals surface area contributed by atoms with Crippen LogP contribution in [0.25, 0.3) is 0 Å². The molecule has 0 heterocycles. The molecule has 19 heavy (non-hydrogen) atoms. The van der Waals surface area contributed by atoms with Gasteiger partial charge < -0.3 is 5.11 Å². The molecule has 0 unspecified atom stereocenters. The fourth-order valence-electron chi connectivity index (χ4n) is 1.27. The number of carbonyl (C=O) groups is 1. The monoisotopic (exact) mass is 286 g/mol. The summed E-state index contributed by atoms with van der Waals surface area (Å²) in [6.45, 7) is 2.27. The lowest BCUT2D eigenvalue weighted by molar-refractivity contribution is -0.142. The average molecular weight is 286 g/mol. The van der Waals surface area contributed by atoms with Crippen molar-refractivity contribution in [2.45, 2.75) is 24.3 Å². The van der Waals surface area contributed by atoms with Crippen molar-refractivity contribution in [3.05, 3.63) is 29.6 Å². The Labute approximate surface area is 109 Å². The van der Waals surface area contributed by atoms with Gasteiger partial charge >= 0.3 is 5.97 Å². The maximum atomic E-state index is 13.3. The van der Waals surface area contributed by atoms with Crippen LogP contribution in [0.4, 0.5) is 4.39 Å². The van der Waals surface area contributed by atoms with Crippen LogP contribution in [0.3, 0.4) is 0 Å². The minimum atomic E-state index is -4.32. The predicted molar refractivity (Wildman–Crippen MR) is 63.2 cm³/mol. The summed E-state index contributed by atoms with van der Waals surface area (Å²) >= 11 is 0. The fourth-order valence-corrected chi connectivity index (χ4v) is 2.81. The first kappa shape index (κ1) is 15.1. The molecule has 1 aromatic carbocycles. The van der Waals surface area contributed by atoms with Gasteiger partial charge in [0.25, 0.3) is 0 Å². The molecular formula is C11H11FN2O4S. The third-order valence-corrected chi connectivity index (χ3v) is 4.00. The average Bonchev–Trinajstić information content (AvgIpc) is 2.27. The van der Waals surface area contributed by atoms with Crippen molar-refractivity contribution in [2.75, 3.05) is 0 Å². The van der Waals surface area contributed by atoms with Crippen LogP contribution in [0.2, 0.25) is 0 Å². The number of rotatable bonds is 4. The summed E-state index contributed by atoms with van der Waals surface area (Å²) in [6, 6.07) is 4.54. The molecule has 0 amide bonds. The maximum Gasteiger partial charge on any atom is 0.324 e. The van der Waals surface area contributed by atoms with Crippen molar-refractivity contribution >= 4 is 16.0 Å². The number of nitrogens with one attached hydrogen (secondary N) is 1. The minimum absolute atomic E-state index is 0.593. The highest BCUT2D eigenvalue weighted by Crippen LogP contribution is 2.19. The lowest BCUT2D eigenvalue weighted by Gasteiger charge is -2.21. The number of sulfonamides is 1. The number of aliphatic carboxylic acids is 1. The van der Waals surface area contributed by atoms with E-state index in [1.165, 1.54) is 6.07 Å². The van der Waals surface area contributed by atoms with Crippen molar-refractivity contribution in [1.82, 2.24) is 4.72 Å². The Morgan fingerprint density at radius 3 is 2.53 bits per heavy atom. The minimum Gasteiger partial charge on any atom is -0.480 e. The summed E-state index contributed by atoms with van der Waals surface area (Å²) in [5.41, 5.74) is -2.44. The van der Waals surface area contributed by atoms with Crippen LogP contribution in [-0.4, -0.2) is 25.0 Å². The number of hydrogen-bond acceptors (Lipinski definition) is 4. The van der Waals surface area contributed by atoms with Crippen LogP contribution in [0.15, 0.2) is 23.1 Å². The van der Waals surface area contributed by atoms with E-state index in [1.54, 1.807) is 0 Å².